The number of thiocarbonyl (C=S) groups is 1. The standard InChI is InChI=1S/C26H21ClN4O2S/c1-33-25(32)19-7-2-3-9-21(19)30-16-6-10-22(30)24-23(20-8-4-5-15-28-20)29-26(34)31(24)18-13-11-17(27)12-14-18/h2-16,23-24H,1H3,(H,29,34)/t23-,24-/m1/s1. The van der Waals surface area contributed by atoms with E-state index in [1.54, 1.807) is 12.3 Å². The number of carbonyl (C=O) groups excluding carboxylic acids is 1. The van der Waals surface area contributed by atoms with Crippen LogP contribution in [-0.2, 0) is 4.74 Å². The summed E-state index contributed by atoms with van der Waals surface area (Å²) in [7, 11) is 1.38. The molecule has 34 heavy (non-hydrogen) atoms. The molecule has 5 rings (SSSR count). The number of nitrogens with one attached hydrogen (secondary N) is 1. The monoisotopic (exact) mass is 488 g/mol. The van der Waals surface area contributed by atoms with E-state index >= 15 is 0 Å². The zero-order valence-corrected chi connectivity index (χ0v) is 19.8. The minimum atomic E-state index is -0.397. The molecular weight excluding hydrogens is 468 g/mol. The number of aromatic nitrogens is 2. The van der Waals surface area contributed by atoms with E-state index in [2.05, 4.69) is 15.2 Å². The molecule has 1 fully saturated rings. The van der Waals surface area contributed by atoms with Crippen LogP contribution in [-0.4, -0.2) is 27.7 Å². The maximum absolute atomic E-state index is 12.5. The van der Waals surface area contributed by atoms with Gasteiger partial charge in [0.2, 0.25) is 0 Å². The molecule has 0 amide bonds. The summed E-state index contributed by atoms with van der Waals surface area (Å²) in [6.07, 6.45) is 3.71. The molecule has 3 heterocycles. The van der Waals surface area contributed by atoms with Gasteiger partial charge in [0.15, 0.2) is 5.11 Å². The Morgan fingerprint density at radius 1 is 1.03 bits per heavy atom. The maximum Gasteiger partial charge on any atom is 0.339 e. The number of carbonyl (C=O) groups is 1. The van der Waals surface area contributed by atoms with Crippen LogP contribution in [0.15, 0.2) is 91.3 Å². The molecule has 170 valence electrons. The number of benzene rings is 2. The van der Waals surface area contributed by atoms with Crippen molar-refractivity contribution in [3.05, 3.63) is 113 Å². The van der Waals surface area contributed by atoms with Crippen LogP contribution in [0.25, 0.3) is 5.69 Å². The third-order valence-electron chi connectivity index (χ3n) is 5.86. The average Bonchev–Trinajstić information content (AvgIpc) is 3.49. The summed E-state index contributed by atoms with van der Waals surface area (Å²) in [6, 6.07) is 24.3. The second kappa shape index (κ2) is 9.29. The number of para-hydroxylation sites is 1. The molecule has 8 heteroatoms. The lowest BCUT2D eigenvalue weighted by molar-refractivity contribution is 0.0600. The van der Waals surface area contributed by atoms with E-state index in [1.807, 2.05) is 83.6 Å². The number of ether oxygens (including phenoxy) is 1. The Morgan fingerprint density at radius 3 is 2.53 bits per heavy atom. The molecule has 0 unspecified atom stereocenters. The minimum absolute atomic E-state index is 0.219. The van der Waals surface area contributed by atoms with Crippen LogP contribution >= 0.6 is 23.8 Å². The number of anilines is 1. The first-order valence-corrected chi connectivity index (χ1v) is 11.5. The van der Waals surface area contributed by atoms with Crippen molar-refractivity contribution < 1.29 is 9.53 Å². The van der Waals surface area contributed by atoms with Gasteiger partial charge >= 0.3 is 5.97 Å². The summed E-state index contributed by atoms with van der Waals surface area (Å²) in [5, 5.41) is 4.68. The predicted molar refractivity (Wildman–Crippen MR) is 136 cm³/mol. The largest absolute Gasteiger partial charge is 0.465 e. The van der Waals surface area contributed by atoms with E-state index in [0.717, 1.165) is 22.8 Å². The number of rotatable bonds is 5. The fourth-order valence-electron chi connectivity index (χ4n) is 4.36. The van der Waals surface area contributed by atoms with Crippen LogP contribution in [0.5, 0.6) is 0 Å². The molecule has 0 radical (unpaired) electrons. The molecule has 1 saturated heterocycles. The highest BCUT2D eigenvalue weighted by atomic mass is 35.5. The van der Waals surface area contributed by atoms with E-state index in [4.69, 9.17) is 28.6 Å². The zero-order valence-electron chi connectivity index (χ0n) is 18.3. The fourth-order valence-corrected chi connectivity index (χ4v) is 4.83. The zero-order chi connectivity index (χ0) is 23.7. The molecule has 0 aliphatic carbocycles. The molecule has 4 aromatic rings. The van der Waals surface area contributed by atoms with Gasteiger partial charge in [-0.2, -0.15) is 0 Å². The van der Waals surface area contributed by atoms with Crippen LogP contribution < -0.4 is 10.2 Å². The lowest BCUT2D eigenvalue weighted by atomic mass is 10.0. The lowest BCUT2D eigenvalue weighted by Gasteiger charge is -2.29. The Morgan fingerprint density at radius 2 is 1.79 bits per heavy atom. The average molecular weight is 489 g/mol. The van der Waals surface area contributed by atoms with Crippen molar-refractivity contribution in [1.29, 1.82) is 0 Å². The van der Waals surface area contributed by atoms with Gasteiger partial charge in [-0.05, 0) is 72.9 Å². The van der Waals surface area contributed by atoms with E-state index in [0.29, 0.717) is 15.7 Å². The van der Waals surface area contributed by atoms with Crippen molar-refractivity contribution in [2.45, 2.75) is 12.1 Å². The molecule has 0 saturated carbocycles. The van der Waals surface area contributed by atoms with E-state index < -0.39 is 5.97 Å². The number of methoxy groups -OCH3 is 1. The van der Waals surface area contributed by atoms with Gasteiger partial charge in [0, 0.05) is 28.8 Å². The van der Waals surface area contributed by atoms with Crippen LogP contribution in [0.4, 0.5) is 5.69 Å². The summed E-state index contributed by atoms with van der Waals surface area (Å²) < 4.78 is 7.04. The Labute approximate surface area is 207 Å². The molecule has 2 aromatic heterocycles. The van der Waals surface area contributed by atoms with E-state index in [9.17, 15) is 4.79 Å². The smallest absolute Gasteiger partial charge is 0.339 e. The molecule has 2 aromatic carbocycles. The molecule has 2 atom stereocenters. The first kappa shape index (κ1) is 22.1. The second-order valence-corrected chi connectivity index (χ2v) is 8.61. The van der Waals surface area contributed by atoms with Crippen molar-refractivity contribution in [3.63, 3.8) is 0 Å². The highest BCUT2D eigenvalue weighted by molar-refractivity contribution is 7.80. The van der Waals surface area contributed by atoms with Crippen LogP contribution in [0.3, 0.4) is 0 Å². The van der Waals surface area contributed by atoms with Crippen molar-refractivity contribution in [1.82, 2.24) is 14.9 Å². The molecule has 0 spiro atoms. The molecular formula is C26H21ClN4O2S. The highest BCUT2D eigenvalue weighted by Gasteiger charge is 2.42. The maximum atomic E-state index is 12.5. The van der Waals surface area contributed by atoms with Gasteiger partial charge in [-0.15, -0.1) is 0 Å². The number of nitrogens with zero attached hydrogens (tertiary/aromatic N) is 3. The quantitative estimate of drug-likeness (QED) is 0.296. The third-order valence-corrected chi connectivity index (χ3v) is 6.42. The van der Waals surface area contributed by atoms with Gasteiger partial charge in [0.25, 0.3) is 0 Å². The second-order valence-electron chi connectivity index (χ2n) is 7.78. The van der Waals surface area contributed by atoms with Gasteiger partial charge in [-0.25, -0.2) is 4.79 Å². The predicted octanol–water partition coefficient (Wildman–Crippen LogP) is 5.49. The summed E-state index contributed by atoms with van der Waals surface area (Å²) >= 11 is 12.0. The SMILES string of the molecule is COC(=O)c1ccccc1-n1cccc1[C@@H]1[C@@H](c2ccccn2)NC(=S)N1c1ccc(Cl)cc1. The van der Waals surface area contributed by atoms with E-state index in [1.165, 1.54) is 7.11 Å². The van der Waals surface area contributed by atoms with Gasteiger partial charge < -0.3 is 19.5 Å². The normalized spacial score (nSPS) is 17.5. The summed E-state index contributed by atoms with van der Waals surface area (Å²) in [5.41, 5.74) is 3.90. The molecule has 0 bridgehead atoms. The lowest BCUT2D eigenvalue weighted by Crippen LogP contribution is -2.30. The van der Waals surface area contributed by atoms with Crippen LogP contribution in [0.1, 0.15) is 33.8 Å². The third kappa shape index (κ3) is 3.93. The number of pyridine rings is 1. The molecule has 6 nitrogen and oxygen atoms in total. The highest BCUT2D eigenvalue weighted by Crippen LogP contribution is 2.42. The fraction of sp³-hybridized carbons (Fsp3) is 0.115. The van der Waals surface area contributed by atoms with Crippen molar-refractivity contribution in [3.8, 4) is 5.69 Å². The number of hydrogen-bond donors (Lipinski definition) is 1. The first-order valence-electron chi connectivity index (χ1n) is 10.7. The first-order chi connectivity index (χ1) is 16.6. The van der Waals surface area contributed by atoms with Crippen molar-refractivity contribution in [2.75, 3.05) is 12.0 Å². The summed E-state index contributed by atoms with van der Waals surface area (Å²) in [4.78, 5) is 19.2. The number of esters is 1. The number of halogens is 1. The summed E-state index contributed by atoms with van der Waals surface area (Å²) in [6.45, 7) is 0. The van der Waals surface area contributed by atoms with Crippen molar-refractivity contribution >= 4 is 40.6 Å². The Balaban J connectivity index is 1.69. The van der Waals surface area contributed by atoms with Gasteiger partial charge in [-0.1, -0.05) is 29.8 Å². The molecule has 1 N–H and O–H groups in total. The topological polar surface area (TPSA) is 59.4 Å². The van der Waals surface area contributed by atoms with Gasteiger partial charge in [0.05, 0.1) is 30.1 Å². The van der Waals surface area contributed by atoms with E-state index in [-0.39, 0.29) is 12.1 Å². The minimum Gasteiger partial charge on any atom is -0.465 e. The van der Waals surface area contributed by atoms with Crippen LogP contribution in [0.2, 0.25) is 5.02 Å². The Hall–Kier alpha value is -3.68. The van der Waals surface area contributed by atoms with Gasteiger partial charge in [-0.3, -0.25) is 4.98 Å². The van der Waals surface area contributed by atoms with Crippen LogP contribution in [0, 0.1) is 0 Å². The van der Waals surface area contributed by atoms with Gasteiger partial charge in [0.1, 0.15) is 6.04 Å². The summed E-state index contributed by atoms with van der Waals surface area (Å²) in [5.74, 6) is -0.397. The molecule has 1 aliphatic rings. The molecule has 1 aliphatic heterocycles. The van der Waals surface area contributed by atoms with Crippen molar-refractivity contribution in [2.24, 2.45) is 0 Å². The Bertz CT molecular complexity index is 1340. The Kier molecular flexibility index (Phi) is 6.04. The number of hydrogen-bond acceptors (Lipinski definition) is 4.